The third-order valence-electron chi connectivity index (χ3n) is 1.14. The smallest absolute Gasteiger partial charge is 0.418 e. The van der Waals surface area contributed by atoms with E-state index in [1.807, 2.05) is 0 Å². The second-order valence-corrected chi connectivity index (χ2v) is 7.24. The summed E-state index contributed by atoms with van der Waals surface area (Å²) in [4.78, 5) is 40.6. The Bertz CT molecular complexity index is 321. The van der Waals surface area contributed by atoms with Crippen molar-refractivity contribution in [2.45, 2.75) is 6.92 Å². The van der Waals surface area contributed by atoms with Crippen molar-refractivity contribution in [2.24, 2.45) is 0 Å². The SMILES string of the molecule is COCSSCOC(=O)C(=O)OCSSCO[C-]=O.C[C-]=O.[Y]. The van der Waals surface area contributed by atoms with Crippen molar-refractivity contribution in [3.8, 4) is 0 Å². The second-order valence-electron chi connectivity index (χ2n) is 2.53. The molecular weight excluding hydrogens is 465 g/mol. The molecule has 1 radical (unpaired) electrons. The van der Waals surface area contributed by atoms with Gasteiger partial charge in [-0.1, -0.05) is 38.9 Å². The minimum atomic E-state index is -1.06. The Kier molecular flexibility index (Phi) is 30.6. The number of ether oxygens (including phenoxy) is 4. The quantitative estimate of drug-likeness (QED) is 0.0816. The third-order valence-corrected chi connectivity index (χ3v) is 4.60. The van der Waals surface area contributed by atoms with Gasteiger partial charge in [-0.15, -0.1) is 0 Å². The Labute approximate surface area is 175 Å². The van der Waals surface area contributed by atoms with Gasteiger partial charge in [0.05, 0.1) is 0 Å². The molecule has 0 spiro atoms. The average Bonchev–Trinajstić information content (AvgIpc) is 2.51. The fourth-order valence-corrected chi connectivity index (χ4v) is 2.82. The Morgan fingerprint density at radius 2 is 1.26 bits per heavy atom. The molecule has 8 nitrogen and oxygen atoms in total. The van der Waals surface area contributed by atoms with Gasteiger partial charge in [0.15, 0.2) is 0 Å². The average molecular weight is 479 g/mol. The zero-order chi connectivity index (χ0) is 17.1. The molecule has 23 heavy (non-hydrogen) atoms. The number of hydrogen-bond acceptors (Lipinski definition) is 12. The van der Waals surface area contributed by atoms with E-state index in [4.69, 9.17) is 9.53 Å². The third kappa shape index (κ3) is 24.9. The molecule has 0 unspecified atom stereocenters. The Morgan fingerprint density at radius 3 is 1.65 bits per heavy atom. The summed E-state index contributed by atoms with van der Waals surface area (Å²) in [6.07, 6.45) is 1.50. The van der Waals surface area contributed by atoms with E-state index < -0.39 is 11.9 Å². The Morgan fingerprint density at radius 1 is 0.870 bits per heavy atom. The molecule has 0 aliphatic carbocycles. The van der Waals surface area contributed by atoms with Gasteiger partial charge in [-0.25, -0.2) is 9.59 Å². The van der Waals surface area contributed by atoms with Crippen LogP contribution in [0.5, 0.6) is 0 Å². The van der Waals surface area contributed by atoms with Crippen molar-refractivity contribution in [1.29, 1.82) is 0 Å². The van der Waals surface area contributed by atoms with Crippen LogP contribution in [0.2, 0.25) is 0 Å². The largest absolute Gasteiger partial charge is 0.645 e. The molecule has 0 atom stereocenters. The maximum atomic E-state index is 11.1. The van der Waals surface area contributed by atoms with Crippen molar-refractivity contribution in [1.82, 2.24) is 0 Å². The first kappa shape index (κ1) is 28.4. The van der Waals surface area contributed by atoms with E-state index in [0.717, 1.165) is 21.6 Å². The molecule has 0 N–H and O–H groups in total. The molecule has 131 valence electrons. The maximum absolute atomic E-state index is 11.1. The van der Waals surface area contributed by atoms with Crippen LogP contribution in [0.1, 0.15) is 6.92 Å². The van der Waals surface area contributed by atoms with Crippen LogP contribution in [0.3, 0.4) is 0 Å². The van der Waals surface area contributed by atoms with Crippen molar-refractivity contribution in [3.05, 3.63) is 0 Å². The van der Waals surface area contributed by atoms with E-state index >= 15 is 0 Å². The molecule has 0 aromatic rings. The summed E-state index contributed by atoms with van der Waals surface area (Å²) in [5, 5.41) is 0. The van der Waals surface area contributed by atoms with Crippen molar-refractivity contribution in [3.63, 3.8) is 0 Å². The van der Waals surface area contributed by atoms with Gasteiger partial charge in [-0.3, -0.25) is 6.29 Å². The van der Waals surface area contributed by atoms with E-state index in [1.165, 1.54) is 41.3 Å². The molecule has 0 aliphatic rings. The molecule has 0 aromatic carbocycles. The molecule has 0 saturated heterocycles. The monoisotopic (exact) mass is 479 g/mol. The van der Waals surface area contributed by atoms with Crippen LogP contribution < -0.4 is 0 Å². The molecule has 0 bridgehead atoms. The maximum Gasteiger partial charge on any atom is 0.418 e. The molecule has 0 heterocycles. The van der Waals surface area contributed by atoms with E-state index in [1.54, 1.807) is 7.11 Å². The Hall–Kier alpha value is 0.544. The van der Waals surface area contributed by atoms with Gasteiger partial charge in [0.1, 0.15) is 23.8 Å². The second kappa shape index (κ2) is 24.8. The van der Waals surface area contributed by atoms with E-state index in [0.29, 0.717) is 5.94 Å². The minimum absolute atomic E-state index is 0. The Balaban J connectivity index is -0.000000920. The summed E-state index contributed by atoms with van der Waals surface area (Å²) in [6.45, 7) is 2.56. The molecule has 0 aromatic heterocycles. The fourth-order valence-electron chi connectivity index (χ4n) is 0.505. The first-order valence-corrected chi connectivity index (χ1v) is 10.2. The number of rotatable bonds is 11. The zero-order valence-corrected chi connectivity index (χ0v) is 18.4. The van der Waals surface area contributed by atoms with Crippen molar-refractivity contribution < 1.29 is 70.8 Å². The number of carbonyl (C=O) groups excluding carboxylic acids is 4. The zero-order valence-electron chi connectivity index (χ0n) is 12.3. The standard InChI is InChI=1S/C8H11O7S4.C2H3O.Y/c1-12-3-16-18-5-14-7(10)8(11)15-6-19-17-4-13-2-9;1-2-3;/h3-6H2,1H3;1H3;/q2*-1;. The normalized spacial score (nSPS) is 8.61. The van der Waals surface area contributed by atoms with Crippen LogP contribution in [-0.2, 0) is 70.8 Å². The first-order valence-electron chi connectivity index (χ1n) is 5.23. The van der Waals surface area contributed by atoms with Crippen LogP contribution >= 0.6 is 43.2 Å². The minimum Gasteiger partial charge on any atom is -0.645 e. The predicted octanol–water partition coefficient (Wildman–Crippen LogP) is 1.51. The van der Waals surface area contributed by atoms with Crippen LogP contribution in [0.25, 0.3) is 0 Å². The summed E-state index contributed by atoms with van der Waals surface area (Å²) in [7, 11) is 6.38. The summed E-state index contributed by atoms with van der Waals surface area (Å²) in [5.74, 6) is -1.58. The van der Waals surface area contributed by atoms with Gasteiger partial charge in [0, 0.05) is 39.8 Å². The molecule has 0 fully saturated rings. The summed E-state index contributed by atoms with van der Waals surface area (Å²) >= 11 is 0. The molecule has 0 aliphatic heterocycles. The molecule has 13 heteroatoms. The van der Waals surface area contributed by atoms with Gasteiger partial charge in [-0.05, 0) is 10.8 Å². The van der Waals surface area contributed by atoms with Gasteiger partial charge in [0.2, 0.25) is 0 Å². The predicted molar refractivity (Wildman–Crippen MR) is 87.2 cm³/mol. The van der Waals surface area contributed by atoms with E-state index in [2.05, 4.69) is 14.2 Å². The summed E-state index contributed by atoms with van der Waals surface area (Å²) < 4.78 is 18.2. The number of hydrogen-bond donors (Lipinski definition) is 0. The van der Waals surface area contributed by atoms with Crippen molar-refractivity contribution >= 4 is 67.9 Å². The molecule has 0 rings (SSSR count). The topological polar surface area (TPSA) is 105 Å². The van der Waals surface area contributed by atoms with Crippen molar-refractivity contribution in [2.75, 3.05) is 30.9 Å². The van der Waals surface area contributed by atoms with E-state index in [9.17, 15) is 14.4 Å². The number of esters is 2. The number of methoxy groups -OCH3 is 1. The van der Waals surface area contributed by atoms with Crippen LogP contribution in [0, 0.1) is 0 Å². The fraction of sp³-hybridized carbons (Fsp3) is 0.600. The molecular formula is C10H14O8S4Y-2. The first-order chi connectivity index (χ1) is 10.6. The summed E-state index contributed by atoms with van der Waals surface area (Å²) in [5.41, 5.74) is 0. The number of carbonyl (C=O) groups is 2. The molecule has 0 amide bonds. The van der Waals surface area contributed by atoms with Crippen LogP contribution in [0.4, 0.5) is 0 Å². The van der Waals surface area contributed by atoms with Gasteiger partial charge in [-0.2, -0.15) is 6.92 Å². The van der Waals surface area contributed by atoms with Gasteiger partial charge >= 0.3 is 11.9 Å². The van der Waals surface area contributed by atoms with Crippen LogP contribution in [-0.4, -0.2) is 55.6 Å². The van der Waals surface area contributed by atoms with Gasteiger partial charge in [0.25, 0.3) is 0 Å². The molecule has 0 saturated carbocycles. The summed E-state index contributed by atoms with van der Waals surface area (Å²) in [6, 6.07) is 0. The van der Waals surface area contributed by atoms with E-state index in [-0.39, 0.29) is 50.5 Å². The van der Waals surface area contributed by atoms with Crippen LogP contribution in [0.15, 0.2) is 0 Å². The van der Waals surface area contributed by atoms with Gasteiger partial charge < -0.3 is 28.5 Å².